The molecule has 0 fully saturated rings. The van der Waals surface area contributed by atoms with E-state index in [4.69, 9.17) is 9.47 Å². The van der Waals surface area contributed by atoms with Crippen LogP contribution in [0.3, 0.4) is 0 Å². The highest BCUT2D eigenvalue weighted by Gasteiger charge is 2.31. The van der Waals surface area contributed by atoms with Gasteiger partial charge in [-0.1, -0.05) is 62.4 Å². The lowest BCUT2D eigenvalue weighted by Gasteiger charge is -2.20. The molecule has 12 nitrogen and oxygen atoms in total. The topological polar surface area (TPSA) is 162 Å². The minimum Gasteiger partial charge on any atom is -0.463 e. The molecule has 0 radical (unpaired) electrons. The second-order valence-corrected chi connectivity index (χ2v) is 12.0. The minimum absolute atomic E-state index is 0.129. The molecule has 1 heterocycles. The Morgan fingerprint density at radius 1 is 0.900 bits per heavy atom. The summed E-state index contributed by atoms with van der Waals surface area (Å²) in [4.78, 5) is 40.9. The Morgan fingerprint density at radius 3 is 2.16 bits per heavy atom. The van der Waals surface area contributed by atoms with E-state index in [1.165, 1.54) is 19.1 Å². The third-order valence-corrected chi connectivity index (χ3v) is 7.86. The van der Waals surface area contributed by atoms with Gasteiger partial charge in [0.15, 0.2) is 0 Å². The Hall–Kier alpha value is -5.11. The van der Waals surface area contributed by atoms with Crippen LogP contribution >= 0.6 is 0 Å². The maximum Gasteiger partial charge on any atom is 0.308 e. The monoisotopic (exact) mass is 691 g/mol. The third-order valence-electron chi connectivity index (χ3n) is 7.86. The molecule has 50 heavy (non-hydrogen) atoms. The number of hydrogen-bond donors (Lipinski definition) is 3. The number of aliphatic hydroxyl groups excluding tert-OH is 2. The number of carbonyl (C=O) groups excluding carboxylic acids is 2. The Morgan fingerprint density at radius 2 is 1.54 bits per heavy atom. The normalized spacial score (nSPS) is 13.0. The highest BCUT2D eigenvalue weighted by atomic mass is 19.1. The van der Waals surface area contributed by atoms with E-state index in [0.29, 0.717) is 33.8 Å². The molecule has 4 rings (SSSR count). The Kier molecular flexibility index (Phi) is 13.6. The predicted octanol–water partition coefficient (Wildman–Crippen LogP) is 6.34. The second-order valence-electron chi connectivity index (χ2n) is 12.0. The number of ether oxygens (including phenoxy) is 2. The summed E-state index contributed by atoms with van der Waals surface area (Å²) in [6.45, 7) is 5.14. The standard InChI is InChI=1S/C37H42FN3O9/c1-24(2)35-34(37(45)39-29-12-8-5-9-13-29)33(26-10-6-4-7-11-26)36(27-14-16-28(38)17-15-27)40(35)19-18-30(42)22-31(43)23-32(44)49-21-20-48-25(3)50-41(46)47/h4-17,24-25,30-31,42-43H,18-23H2,1-3H3,(H,39,45)/t25?,30-,31-/m0/s1. The summed E-state index contributed by atoms with van der Waals surface area (Å²) in [5, 5.41) is 33.9. The second kappa shape index (κ2) is 18.0. The van der Waals surface area contributed by atoms with Crippen molar-refractivity contribution in [2.45, 2.75) is 71.0 Å². The molecule has 0 bridgehead atoms. The van der Waals surface area contributed by atoms with Gasteiger partial charge in [0.1, 0.15) is 12.4 Å². The fourth-order valence-electron chi connectivity index (χ4n) is 5.77. The van der Waals surface area contributed by atoms with Gasteiger partial charge in [0.25, 0.3) is 11.0 Å². The van der Waals surface area contributed by atoms with Crippen molar-refractivity contribution in [1.82, 2.24) is 4.57 Å². The van der Waals surface area contributed by atoms with Gasteiger partial charge >= 0.3 is 5.97 Å². The van der Waals surface area contributed by atoms with Gasteiger partial charge < -0.3 is 29.6 Å². The van der Waals surface area contributed by atoms with Crippen LogP contribution in [0.5, 0.6) is 0 Å². The number of rotatable bonds is 18. The molecular formula is C37H42FN3O9. The third kappa shape index (κ3) is 10.4. The van der Waals surface area contributed by atoms with E-state index in [9.17, 15) is 34.3 Å². The summed E-state index contributed by atoms with van der Waals surface area (Å²) in [6, 6.07) is 24.6. The molecule has 266 valence electrons. The van der Waals surface area contributed by atoms with Gasteiger partial charge in [-0.05, 0) is 73.2 Å². The van der Waals surface area contributed by atoms with Crippen LogP contribution in [0.1, 0.15) is 62.0 Å². The number of nitrogens with one attached hydrogen (secondary N) is 1. The molecule has 0 spiro atoms. The number of nitrogens with zero attached hydrogens (tertiary/aromatic N) is 2. The quantitative estimate of drug-likeness (QED) is 0.0355. The Balaban J connectivity index is 1.59. The van der Waals surface area contributed by atoms with Gasteiger partial charge in [0.05, 0.1) is 36.5 Å². The van der Waals surface area contributed by atoms with E-state index >= 15 is 0 Å². The first-order chi connectivity index (χ1) is 23.9. The molecule has 3 aromatic carbocycles. The smallest absolute Gasteiger partial charge is 0.308 e. The average molecular weight is 692 g/mol. The van der Waals surface area contributed by atoms with Crippen molar-refractivity contribution in [3.63, 3.8) is 0 Å². The van der Waals surface area contributed by atoms with E-state index in [1.54, 1.807) is 24.3 Å². The van der Waals surface area contributed by atoms with Crippen molar-refractivity contribution < 1.29 is 43.6 Å². The van der Waals surface area contributed by atoms with Crippen molar-refractivity contribution in [2.24, 2.45) is 0 Å². The Labute approximate surface area is 289 Å². The van der Waals surface area contributed by atoms with Crippen LogP contribution in [0.4, 0.5) is 10.1 Å². The molecule has 0 saturated carbocycles. The van der Waals surface area contributed by atoms with E-state index in [2.05, 4.69) is 10.2 Å². The lowest BCUT2D eigenvalue weighted by atomic mass is 9.94. The van der Waals surface area contributed by atoms with Crippen LogP contribution in [0.2, 0.25) is 0 Å². The van der Waals surface area contributed by atoms with Gasteiger partial charge in [-0.3, -0.25) is 14.4 Å². The summed E-state index contributed by atoms with van der Waals surface area (Å²) < 4.78 is 26.2. The average Bonchev–Trinajstić information content (AvgIpc) is 3.42. The number of amides is 1. The van der Waals surface area contributed by atoms with E-state index in [-0.39, 0.29) is 50.8 Å². The van der Waals surface area contributed by atoms with Crippen molar-refractivity contribution in [3.05, 3.63) is 112 Å². The lowest BCUT2D eigenvalue weighted by molar-refractivity contribution is -0.779. The molecule has 13 heteroatoms. The first-order valence-electron chi connectivity index (χ1n) is 16.3. The van der Waals surface area contributed by atoms with Crippen molar-refractivity contribution in [2.75, 3.05) is 18.5 Å². The van der Waals surface area contributed by atoms with Crippen LogP contribution in [-0.4, -0.2) is 63.5 Å². The number of esters is 1. The van der Waals surface area contributed by atoms with Crippen molar-refractivity contribution in [3.8, 4) is 22.4 Å². The highest BCUT2D eigenvalue weighted by Crippen LogP contribution is 2.42. The zero-order valence-electron chi connectivity index (χ0n) is 28.2. The zero-order chi connectivity index (χ0) is 36.2. The number of hydrogen-bond acceptors (Lipinski definition) is 9. The van der Waals surface area contributed by atoms with E-state index in [1.807, 2.05) is 66.9 Å². The summed E-state index contributed by atoms with van der Waals surface area (Å²) >= 11 is 0. The fourth-order valence-corrected chi connectivity index (χ4v) is 5.77. The van der Waals surface area contributed by atoms with Crippen LogP contribution < -0.4 is 5.32 Å². The predicted molar refractivity (Wildman–Crippen MR) is 184 cm³/mol. The molecule has 0 aliphatic heterocycles. The highest BCUT2D eigenvalue weighted by molar-refractivity contribution is 6.12. The lowest BCUT2D eigenvalue weighted by Crippen LogP contribution is -2.24. The van der Waals surface area contributed by atoms with E-state index < -0.39 is 35.4 Å². The summed E-state index contributed by atoms with van der Waals surface area (Å²) in [6.07, 6.45) is -3.75. The van der Waals surface area contributed by atoms with Gasteiger partial charge in [-0.25, -0.2) is 4.39 Å². The summed E-state index contributed by atoms with van der Waals surface area (Å²) in [5.74, 6) is -1.61. The molecule has 1 aromatic heterocycles. The van der Waals surface area contributed by atoms with Gasteiger partial charge in [-0.15, -0.1) is 10.1 Å². The summed E-state index contributed by atoms with van der Waals surface area (Å²) in [7, 11) is 0. The number of benzene rings is 3. The van der Waals surface area contributed by atoms with Crippen LogP contribution in [0.25, 0.3) is 22.4 Å². The number of halogens is 1. The fraction of sp³-hybridized carbons (Fsp3) is 0.351. The number of anilines is 1. The molecule has 0 saturated heterocycles. The maximum atomic E-state index is 14.2. The maximum absolute atomic E-state index is 14.2. The molecule has 0 aliphatic rings. The number of para-hydroxylation sites is 1. The minimum atomic E-state index is -1.21. The van der Waals surface area contributed by atoms with Gasteiger partial charge in [0.2, 0.25) is 6.29 Å². The van der Waals surface area contributed by atoms with Crippen LogP contribution in [-0.2, 0) is 25.7 Å². The Bertz CT molecular complexity index is 1710. The number of aliphatic hydroxyl groups is 2. The first kappa shape index (κ1) is 37.7. The SMILES string of the molecule is CC(OCCOC(=O)C[C@@H](O)C[C@@H](O)CCn1c(-c2ccc(F)cc2)c(-c2ccccc2)c(C(=O)Nc2ccccc2)c1C(C)C)O[N+](=O)[O-]. The molecule has 1 unspecified atom stereocenters. The first-order valence-corrected chi connectivity index (χ1v) is 16.3. The van der Waals surface area contributed by atoms with Gasteiger partial charge in [-0.2, -0.15) is 0 Å². The molecule has 3 atom stereocenters. The zero-order valence-corrected chi connectivity index (χ0v) is 28.2. The molecule has 4 aromatic rings. The number of carbonyl (C=O) groups is 2. The summed E-state index contributed by atoms with van der Waals surface area (Å²) in [5.41, 5.74) is 4.58. The van der Waals surface area contributed by atoms with Crippen LogP contribution in [0.15, 0.2) is 84.9 Å². The largest absolute Gasteiger partial charge is 0.463 e. The molecular weight excluding hydrogens is 649 g/mol. The van der Waals surface area contributed by atoms with Gasteiger partial charge in [0, 0.05) is 23.5 Å². The number of aromatic nitrogens is 1. The molecule has 3 N–H and O–H groups in total. The van der Waals surface area contributed by atoms with E-state index in [0.717, 1.165) is 5.56 Å². The molecule has 1 amide bonds. The molecule has 0 aliphatic carbocycles. The van der Waals surface area contributed by atoms with Crippen molar-refractivity contribution in [1.29, 1.82) is 0 Å². The van der Waals surface area contributed by atoms with Crippen molar-refractivity contribution >= 4 is 17.6 Å². The van der Waals surface area contributed by atoms with Crippen LogP contribution in [0, 0.1) is 15.9 Å².